The van der Waals surface area contributed by atoms with E-state index in [1.165, 1.54) is 47.2 Å². The molecule has 256 valence electrons. The number of hydrogen-bond donors (Lipinski definition) is 0. The smallest absolute Gasteiger partial charge is 0.164 e. The summed E-state index contributed by atoms with van der Waals surface area (Å²) in [5, 5.41) is 9.65. The van der Waals surface area contributed by atoms with Crippen molar-refractivity contribution >= 4 is 86.0 Å². The minimum atomic E-state index is 0.603. The summed E-state index contributed by atoms with van der Waals surface area (Å²) in [6, 6.07) is 59.4. The van der Waals surface area contributed by atoms with Gasteiger partial charge < -0.3 is 8.98 Å². The average Bonchev–Trinajstić information content (AvgIpc) is 3.94. The molecule has 0 saturated carbocycles. The second-order valence-corrected chi connectivity index (χ2v) is 15.0. The van der Waals surface area contributed by atoms with Crippen molar-refractivity contribution in [3.63, 3.8) is 0 Å². The molecule has 0 aliphatic rings. The fourth-order valence-corrected chi connectivity index (χ4v) is 9.72. The molecule has 5 nitrogen and oxygen atoms in total. The van der Waals surface area contributed by atoms with Crippen molar-refractivity contribution in [2.45, 2.75) is 0 Å². The van der Waals surface area contributed by atoms with E-state index < -0.39 is 0 Å². The molecule has 0 saturated heterocycles. The highest BCUT2D eigenvalue weighted by molar-refractivity contribution is 7.27. The van der Waals surface area contributed by atoms with Gasteiger partial charge in [-0.3, -0.25) is 0 Å². The summed E-state index contributed by atoms with van der Waals surface area (Å²) >= 11 is 1.87. The summed E-state index contributed by atoms with van der Waals surface area (Å²) in [6.07, 6.45) is 0. The highest BCUT2D eigenvalue weighted by atomic mass is 32.1. The zero-order valence-corrected chi connectivity index (χ0v) is 30.1. The van der Waals surface area contributed by atoms with Gasteiger partial charge in [0.2, 0.25) is 0 Å². The lowest BCUT2D eigenvalue weighted by Gasteiger charge is -2.10. The summed E-state index contributed by atoms with van der Waals surface area (Å²) in [6.45, 7) is 0. The first-order valence-corrected chi connectivity index (χ1v) is 19.2. The van der Waals surface area contributed by atoms with Crippen LogP contribution in [0, 0.1) is 0 Å². The maximum atomic E-state index is 6.73. The van der Waals surface area contributed by atoms with E-state index in [0.717, 1.165) is 49.8 Å². The van der Waals surface area contributed by atoms with Crippen LogP contribution in [0.15, 0.2) is 174 Å². The van der Waals surface area contributed by atoms with Crippen LogP contribution in [0.4, 0.5) is 0 Å². The molecule has 8 aromatic carbocycles. The predicted octanol–water partition coefficient (Wildman–Crippen LogP) is 13.4. The Labute approximate surface area is 318 Å². The first-order valence-electron chi connectivity index (χ1n) is 18.4. The number of furan rings is 1. The predicted molar refractivity (Wildman–Crippen MR) is 228 cm³/mol. The van der Waals surface area contributed by atoms with E-state index in [4.69, 9.17) is 19.4 Å². The van der Waals surface area contributed by atoms with E-state index in [-0.39, 0.29) is 0 Å². The van der Waals surface area contributed by atoms with Gasteiger partial charge in [0.15, 0.2) is 17.5 Å². The van der Waals surface area contributed by atoms with Crippen molar-refractivity contribution in [2.75, 3.05) is 0 Å². The Morgan fingerprint density at radius 1 is 0.436 bits per heavy atom. The van der Waals surface area contributed by atoms with Crippen molar-refractivity contribution in [1.82, 2.24) is 19.5 Å². The molecule has 0 aliphatic heterocycles. The quantitative estimate of drug-likeness (QED) is 0.182. The van der Waals surface area contributed by atoms with Gasteiger partial charge in [-0.2, -0.15) is 0 Å². The molecular weight excluding hydrogens is 693 g/mol. The Morgan fingerprint density at radius 2 is 1.05 bits per heavy atom. The van der Waals surface area contributed by atoms with Crippen LogP contribution in [-0.2, 0) is 0 Å². The molecule has 0 unspecified atom stereocenters. The molecule has 0 N–H and O–H groups in total. The first kappa shape index (κ1) is 30.3. The van der Waals surface area contributed by atoms with Crippen LogP contribution in [0.1, 0.15) is 0 Å². The Kier molecular flexibility index (Phi) is 6.44. The number of hydrogen-bond acceptors (Lipinski definition) is 5. The molecule has 0 atom stereocenters. The van der Waals surface area contributed by atoms with Gasteiger partial charge in [-0.1, -0.05) is 133 Å². The maximum Gasteiger partial charge on any atom is 0.164 e. The second kappa shape index (κ2) is 11.7. The number of thiophene rings is 1. The van der Waals surface area contributed by atoms with Gasteiger partial charge in [-0.15, -0.1) is 11.3 Å². The fourth-order valence-electron chi connectivity index (χ4n) is 8.46. The van der Waals surface area contributed by atoms with Gasteiger partial charge in [0.1, 0.15) is 11.2 Å². The van der Waals surface area contributed by atoms with Crippen LogP contribution in [0.5, 0.6) is 0 Å². The van der Waals surface area contributed by atoms with Gasteiger partial charge in [0.25, 0.3) is 0 Å². The highest BCUT2D eigenvalue weighted by Crippen LogP contribution is 2.48. The Morgan fingerprint density at radius 3 is 1.80 bits per heavy atom. The van der Waals surface area contributed by atoms with Crippen LogP contribution in [-0.4, -0.2) is 19.5 Å². The van der Waals surface area contributed by atoms with E-state index in [1.54, 1.807) is 0 Å². The topological polar surface area (TPSA) is 56.7 Å². The van der Waals surface area contributed by atoms with Crippen molar-refractivity contribution in [1.29, 1.82) is 0 Å². The Balaban J connectivity index is 1.12. The van der Waals surface area contributed by atoms with Gasteiger partial charge >= 0.3 is 0 Å². The molecule has 12 rings (SSSR count). The lowest BCUT2D eigenvalue weighted by atomic mass is 9.99. The summed E-state index contributed by atoms with van der Waals surface area (Å²) < 4.78 is 11.7. The largest absolute Gasteiger partial charge is 0.456 e. The zero-order chi connectivity index (χ0) is 36.0. The molecule has 0 amide bonds. The van der Waals surface area contributed by atoms with Crippen molar-refractivity contribution in [2.24, 2.45) is 0 Å². The van der Waals surface area contributed by atoms with Gasteiger partial charge in [0.05, 0.1) is 15.7 Å². The number of aromatic nitrogens is 4. The minimum absolute atomic E-state index is 0.603. The summed E-state index contributed by atoms with van der Waals surface area (Å²) in [5.74, 6) is 1.86. The third-order valence-electron chi connectivity index (χ3n) is 10.8. The van der Waals surface area contributed by atoms with Crippen molar-refractivity contribution in [3.8, 4) is 39.9 Å². The van der Waals surface area contributed by atoms with Crippen molar-refractivity contribution < 1.29 is 4.42 Å². The van der Waals surface area contributed by atoms with Gasteiger partial charge in [-0.25, -0.2) is 15.0 Å². The second-order valence-electron chi connectivity index (χ2n) is 13.9. The summed E-state index contributed by atoms with van der Waals surface area (Å²) in [7, 11) is 0. The standard InChI is InChI=1S/C49H28N4OS/c1-3-14-29(15-4-1)47-50-48(30-16-5-2-6-17-30)52-49(51-47)37-22-13-24-39-42(37)35-27-26-31(28-40(35)54-39)53-38-23-11-9-20-34(38)43-32-18-7-8-19-33(32)44-36-21-10-12-25-41(36)55-46(44)45(43)53/h1-28H. The fraction of sp³-hybridized carbons (Fsp3) is 0. The van der Waals surface area contributed by atoms with E-state index in [2.05, 4.69) is 102 Å². The van der Waals surface area contributed by atoms with E-state index >= 15 is 0 Å². The van der Waals surface area contributed by atoms with E-state index in [1.807, 2.05) is 84.1 Å². The van der Waals surface area contributed by atoms with Crippen LogP contribution in [0.25, 0.3) is 115 Å². The van der Waals surface area contributed by atoms with Gasteiger partial charge in [-0.05, 0) is 41.1 Å². The lowest BCUT2D eigenvalue weighted by Crippen LogP contribution is -2.00. The molecule has 0 fully saturated rings. The number of para-hydroxylation sites is 1. The number of nitrogens with zero attached hydrogens (tertiary/aromatic N) is 4. The molecule has 55 heavy (non-hydrogen) atoms. The number of benzene rings is 8. The van der Waals surface area contributed by atoms with Crippen LogP contribution >= 0.6 is 11.3 Å². The molecule has 0 radical (unpaired) electrons. The summed E-state index contributed by atoms with van der Waals surface area (Å²) in [5.41, 5.74) is 7.79. The van der Waals surface area contributed by atoms with Crippen LogP contribution in [0.2, 0.25) is 0 Å². The normalized spacial score (nSPS) is 12.0. The Bertz CT molecular complexity index is 3430. The molecule has 4 heterocycles. The number of rotatable bonds is 4. The molecule has 4 aromatic heterocycles. The van der Waals surface area contributed by atoms with Crippen LogP contribution in [0.3, 0.4) is 0 Å². The Hall–Kier alpha value is -7.15. The van der Waals surface area contributed by atoms with Crippen LogP contribution < -0.4 is 0 Å². The average molecular weight is 721 g/mol. The van der Waals surface area contributed by atoms with Gasteiger partial charge in [0, 0.05) is 65.5 Å². The zero-order valence-electron chi connectivity index (χ0n) is 29.3. The van der Waals surface area contributed by atoms with E-state index in [0.29, 0.717) is 17.5 Å². The molecular formula is C49H28N4OS. The number of fused-ring (bicyclic) bond motifs is 13. The highest BCUT2D eigenvalue weighted by Gasteiger charge is 2.23. The van der Waals surface area contributed by atoms with E-state index in [9.17, 15) is 0 Å². The SMILES string of the molecule is c1ccc(-c2nc(-c3ccccc3)nc(-c3cccc4oc5cc(-n6c7ccccc7c7c8ccccc8c8c9ccccc9sc8c76)ccc5c34)n2)cc1. The third kappa shape index (κ3) is 4.49. The first-order chi connectivity index (χ1) is 27.3. The molecule has 6 heteroatoms. The molecule has 12 aromatic rings. The molecule has 0 bridgehead atoms. The monoisotopic (exact) mass is 720 g/mol. The summed E-state index contributed by atoms with van der Waals surface area (Å²) in [4.78, 5) is 15.1. The molecule has 0 aliphatic carbocycles. The maximum absolute atomic E-state index is 6.73. The van der Waals surface area contributed by atoms with Crippen molar-refractivity contribution in [3.05, 3.63) is 170 Å². The lowest BCUT2D eigenvalue weighted by molar-refractivity contribution is 0.668. The molecule has 0 spiro atoms. The minimum Gasteiger partial charge on any atom is -0.456 e. The third-order valence-corrected chi connectivity index (χ3v) is 12.0.